The predicted octanol–water partition coefficient (Wildman–Crippen LogP) is 4.88. The summed E-state index contributed by atoms with van der Waals surface area (Å²) in [5, 5.41) is 5.86. The molecule has 2 heterocycles. The molecule has 1 saturated heterocycles. The van der Waals surface area contributed by atoms with Crippen LogP contribution in [-0.2, 0) is 15.1 Å². The zero-order valence-electron chi connectivity index (χ0n) is 18.9. The first-order valence-electron chi connectivity index (χ1n) is 11.1. The van der Waals surface area contributed by atoms with E-state index in [1.165, 1.54) is 11.3 Å². The van der Waals surface area contributed by atoms with Crippen LogP contribution in [0, 0.1) is 0 Å². The first kappa shape index (κ1) is 22.5. The number of imide groups is 1. The number of nitrogens with one attached hydrogen (secondary N) is 2. The van der Waals surface area contributed by atoms with Crippen molar-refractivity contribution in [1.29, 1.82) is 0 Å². The summed E-state index contributed by atoms with van der Waals surface area (Å²) in [6, 6.07) is 23.4. The number of aromatic nitrogens is 1. The molecule has 4 amide bonds. The highest BCUT2D eigenvalue weighted by Crippen LogP contribution is 2.33. The molecule has 2 N–H and O–H groups in total. The SMILES string of the molecule is CCC1(c2ccccc2)NC(=O)N(CC(=O)Nc2nc3ccc(Oc4ccccc4)cc3s2)C1=O. The van der Waals surface area contributed by atoms with E-state index < -0.39 is 29.9 Å². The molecule has 3 aromatic carbocycles. The Kier molecular flexibility index (Phi) is 5.92. The van der Waals surface area contributed by atoms with Crippen molar-refractivity contribution in [2.75, 3.05) is 11.9 Å². The minimum absolute atomic E-state index is 0.366. The molecule has 1 aliphatic heterocycles. The van der Waals surface area contributed by atoms with Gasteiger partial charge in [-0.1, -0.05) is 66.8 Å². The van der Waals surface area contributed by atoms with Gasteiger partial charge in [0.15, 0.2) is 5.13 Å². The first-order valence-corrected chi connectivity index (χ1v) is 11.9. The fraction of sp³-hybridized carbons (Fsp3) is 0.154. The fourth-order valence-electron chi connectivity index (χ4n) is 4.08. The van der Waals surface area contributed by atoms with Gasteiger partial charge in [0.05, 0.1) is 10.2 Å². The van der Waals surface area contributed by atoms with Crippen molar-refractivity contribution < 1.29 is 19.1 Å². The number of amides is 4. The molecule has 1 aliphatic rings. The second-order valence-corrected chi connectivity index (χ2v) is 9.09. The van der Waals surface area contributed by atoms with Crippen LogP contribution in [0.15, 0.2) is 78.9 Å². The average Bonchev–Trinajstić information content (AvgIpc) is 3.38. The molecule has 0 spiro atoms. The van der Waals surface area contributed by atoms with Crippen molar-refractivity contribution in [3.63, 3.8) is 0 Å². The lowest BCUT2D eigenvalue weighted by Crippen LogP contribution is -2.44. The fourth-order valence-corrected chi connectivity index (χ4v) is 4.99. The van der Waals surface area contributed by atoms with Gasteiger partial charge in [0, 0.05) is 6.07 Å². The molecule has 0 radical (unpaired) electrons. The number of carbonyl (C=O) groups excluding carboxylic acids is 3. The molecule has 0 bridgehead atoms. The standard InChI is InChI=1S/C26H22N4O4S/c1-2-26(17-9-5-3-6-10-17)23(32)30(25(33)29-26)16-22(31)28-24-27-20-14-13-19(15-21(20)35-24)34-18-11-7-4-8-12-18/h3-15H,2,16H2,1H3,(H,29,33)(H,27,28,31). The van der Waals surface area contributed by atoms with Crippen LogP contribution in [-0.4, -0.2) is 34.3 Å². The Balaban J connectivity index is 1.29. The van der Waals surface area contributed by atoms with E-state index in [0.717, 1.165) is 15.3 Å². The molecule has 4 aromatic rings. The molecule has 1 unspecified atom stereocenters. The number of ether oxygens (including phenoxy) is 1. The smallest absolute Gasteiger partial charge is 0.325 e. The molecular formula is C26H22N4O4S. The molecule has 1 atom stereocenters. The van der Waals surface area contributed by atoms with E-state index in [1.54, 1.807) is 12.1 Å². The third-order valence-corrected chi connectivity index (χ3v) is 6.79. The first-order chi connectivity index (χ1) is 17.0. The molecule has 9 heteroatoms. The average molecular weight is 487 g/mol. The largest absolute Gasteiger partial charge is 0.457 e. The van der Waals surface area contributed by atoms with E-state index in [4.69, 9.17) is 4.74 Å². The van der Waals surface area contributed by atoms with Gasteiger partial charge in [-0.2, -0.15) is 0 Å². The minimum atomic E-state index is -1.18. The molecule has 35 heavy (non-hydrogen) atoms. The van der Waals surface area contributed by atoms with Crippen LogP contribution in [0.5, 0.6) is 11.5 Å². The van der Waals surface area contributed by atoms with Crippen LogP contribution in [0.4, 0.5) is 9.93 Å². The highest BCUT2D eigenvalue weighted by atomic mass is 32.1. The highest BCUT2D eigenvalue weighted by molar-refractivity contribution is 7.22. The van der Waals surface area contributed by atoms with Gasteiger partial charge in [0.2, 0.25) is 5.91 Å². The second kappa shape index (κ2) is 9.19. The summed E-state index contributed by atoms with van der Waals surface area (Å²) in [5.41, 5.74) is 0.210. The number of benzene rings is 3. The maximum atomic E-state index is 13.2. The normalized spacial score (nSPS) is 17.5. The number of carbonyl (C=O) groups is 3. The molecule has 1 fully saturated rings. The van der Waals surface area contributed by atoms with Crippen molar-refractivity contribution in [2.24, 2.45) is 0 Å². The van der Waals surface area contributed by atoms with Gasteiger partial charge < -0.3 is 15.4 Å². The van der Waals surface area contributed by atoms with Crippen molar-refractivity contribution in [3.8, 4) is 11.5 Å². The van der Waals surface area contributed by atoms with Gasteiger partial charge in [-0.25, -0.2) is 9.78 Å². The van der Waals surface area contributed by atoms with Gasteiger partial charge in [0.25, 0.3) is 5.91 Å². The number of urea groups is 1. The van der Waals surface area contributed by atoms with Gasteiger partial charge in [-0.3, -0.25) is 14.5 Å². The monoisotopic (exact) mass is 486 g/mol. The van der Waals surface area contributed by atoms with E-state index in [2.05, 4.69) is 15.6 Å². The summed E-state index contributed by atoms with van der Waals surface area (Å²) >= 11 is 1.28. The lowest BCUT2D eigenvalue weighted by Gasteiger charge is -2.25. The van der Waals surface area contributed by atoms with Crippen molar-refractivity contribution in [1.82, 2.24) is 15.2 Å². The predicted molar refractivity (Wildman–Crippen MR) is 133 cm³/mol. The zero-order chi connectivity index (χ0) is 24.4. The number of hydrogen-bond donors (Lipinski definition) is 2. The molecule has 176 valence electrons. The molecule has 0 saturated carbocycles. The van der Waals surface area contributed by atoms with Gasteiger partial charge in [0.1, 0.15) is 23.6 Å². The maximum Gasteiger partial charge on any atom is 0.325 e. The maximum absolute atomic E-state index is 13.2. The molecule has 0 aliphatic carbocycles. The molecule has 8 nitrogen and oxygen atoms in total. The van der Waals surface area contributed by atoms with Crippen molar-refractivity contribution in [3.05, 3.63) is 84.4 Å². The lowest BCUT2D eigenvalue weighted by molar-refractivity contribution is -0.134. The number of para-hydroxylation sites is 1. The Morgan fingerprint density at radius 3 is 2.46 bits per heavy atom. The van der Waals surface area contributed by atoms with Crippen LogP contribution in [0.1, 0.15) is 18.9 Å². The number of nitrogens with zero attached hydrogens (tertiary/aromatic N) is 2. The van der Waals surface area contributed by atoms with Crippen LogP contribution < -0.4 is 15.4 Å². The quantitative estimate of drug-likeness (QED) is 0.363. The summed E-state index contributed by atoms with van der Waals surface area (Å²) in [5.74, 6) is 0.421. The van der Waals surface area contributed by atoms with E-state index in [-0.39, 0.29) is 0 Å². The number of thiazole rings is 1. The third-order valence-electron chi connectivity index (χ3n) is 5.86. The van der Waals surface area contributed by atoms with E-state index >= 15 is 0 Å². The van der Waals surface area contributed by atoms with Crippen molar-refractivity contribution >= 4 is 44.5 Å². The zero-order valence-corrected chi connectivity index (χ0v) is 19.7. The topological polar surface area (TPSA) is 101 Å². The number of fused-ring (bicyclic) bond motifs is 1. The Morgan fingerprint density at radius 2 is 1.74 bits per heavy atom. The molecular weight excluding hydrogens is 464 g/mol. The summed E-state index contributed by atoms with van der Waals surface area (Å²) in [6.45, 7) is 1.42. The minimum Gasteiger partial charge on any atom is -0.457 e. The number of hydrogen-bond acceptors (Lipinski definition) is 6. The number of anilines is 1. The lowest BCUT2D eigenvalue weighted by atomic mass is 9.87. The van der Waals surface area contributed by atoms with Crippen LogP contribution in [0.2, 0.25) is 0 Å². The second-order valence-electron chi connectivity index (χ2n) is 8.06. The molecule has 5 rings (SSSR count). The van der Waals surface area contributed by atoms with E-state index in [9.17, 15) is 14.4 Å². The summed E-state index contributed by atoms with van der Waals surface area (Å²) in [7, 11) is 0. The van der Waals surface area contributed by atoms with Gasteiger partial charge >= 0.3 is 6.03 Å². The van der Waals surface area contributed by atoms with Crippen LogP contribution in [0.3, 0.4) is 0 Å². The molecule has 1 aromatic heterocycles. The Labute approximate surface area is 205 Å². The van der Waals surface area contributed by atoms with Gasteiger partial charge in [-0.15, -0.1) is 0 Å². The highest BCUT2D eigenvalue weighted by Gasteiger charge is 2.51. The summed E-state index contributed by atoms with van der Waals surface area (Å²) in [6.07, 6.45) is 0.366. The van der Waals surface area contributed by atoms with E-state index in [0.29, 0.717) is 28.4 Å². The van der Waals surface area contributed by atoms with E-state index in [1.807, 2.05) is 73.7 Å². The Bertz CT molecular complexity index is 1410. The third kappa shape index (κ3) is 4.33. The number of rotatable bonds is 7. The Morgan fingerprint density at radius 1 is 1.03 bits per heavy atom. The van der Waals surface area contributed by atoms with Crippen molar-refractivity contribution in [2.45, 2.75) is 18.9 Å². The summed E-state index contributed by atoms with van der Waals surface area (Å²) < 4.78 is 6.69. The van der Waals surface area contributed by atoms with Gasteiger partial charge in [-0.05, 0) is 36.2 Å². The summed E-state index contributed by atoms with van der Waals surface area (Å²) in [4.78, 5) is 44.0. The van der Waals surface area contributed by atoms with Crippen LogP contribution in [0.25, 0.3) is 10.2 Å². The van der Waals surface area contributed by atoms with Crippen LogP contribution >= 0.6 is 11.3 Å². The Hall–Kier alpha value is -4.24.